The quantitative estimate of drug-likeness (QED) is 0.307. The second-order valence-electron chi connectivity index (χ2n) is 14.5. The Hall–Kier alpha value is -2.70. The van der Waals surface area contributed by atoms with Crippen molar-refractivity contribution in [3.05, 3.63) is 12.2 Å². The van der Waals surface area contributed by atoms with E-state index in [-0.39, 0.29) is 36.5 Å². The van der Waals surface area contributed by atoms with Gasteiger partial charge in [0.2, 0.25) is 11.8 Å². The van der Waals surface area contributed by atoms with Gasteiger partial charge in [-0.15, -0.1) is 0 Å². The smallest absolute Gasteiger partial charge is 0.408 e. The summed E-state index contributed by atoms with van der Waals surface area (Å²) >= 11 is 0. The number of hydrazine groups is 2. The highest BCUT2D eigenvalue weighted by Gasteiger charge is 2.61. The Morgan fingerprint density at radius 3 is 2.35 bits per heavy atom. The zero-order chi connectivity index (χ0) is 31.1. The molecule has 0 radical (unpaired) electrons. The lowest BCUT2D eigenvalue weighted by Gasteiger charge is -2.33. The average Bonchev–Trinajstić information content (AvgIpc) is 3.23. The van der Waals surface area contributed by atoms with Crippen LogP contribution in [0.4, 0.5) is 4.79 Å². The molecule has 0 aromatic carbocycles. The third kappa shape index (κ3) is 7.01. The van der Waals surface area contributed by atoms with Crippen molar-refractivity contribution in [1.29, 1.82) is 0 Å². The van der Waals surface area contributed by atoms with Crippen molar-refractivity contribution in [3.63, 3.8) is 0 Å². The van der Waals surface area contributed by atoms with Crippen LogP contribution in [0.5, 0.6) is 0 Å². The Morgan fingerprint density at radius 2 is 1.72 bits per heavy atom. The lowest BCUT2D eigenvalue weighted by Crippen LogP contribution is -2.56. The van der Waals surface area contributed by atoms with Crippen LogP contribution in [0, 0.1) is 17.8 Å². The molecule has 4 fully saturated rings. The zero-order valence-corrected chi connectivity index (χ0v) is 26.2. The molecule has 12 nitrogen and oxygen atoms in total. The summed E-state index contributed by atoms with van der Waals surface area (Å²) in [6, 6.07) is -1.42. The van der Waals surface area contributed by atoms with Gasteiger partial charge in [-0.1, -0.05) is 38.8 Å². The van der Waals surface area contributed by atoms with Gasteiger partial charge in [0, 0.05) is 24.5 Å². The van der Waals surface area contributed by atoms with Crippen LogP contribution in [-0.4, -0.2) is 86.9 Å². The number of fused-ring (bicyclic) bond motifs is 3. The normalized spacial score (nSPS) is 39.8. The van der Waals surface area contributed by atoms with Gasteiger partial charge in [0.1, 0.15) is 23.2 Å². The average molecular weight is 603 g/mol. The number of rotatable bonds is 3. The van der Waals surface area contributed by atoms with Gasteiger partial charge in [0.05, 0.1) is 6.04 Å². The first kappa shape index (κ1) is 31.7. The maximum Gasteiger partial charge on any atom is 0.408 e. The topological polar surface area (TPSA) is 152 Å². The van der Waals surface area contributed by atoms with Crippen LogP contribution in [0.1, 0.15) is 92.4 Å². The van der Waals surface area contributed by atoms with Crippen molar-refractivity contribution < 1.29 is 29.0 Å². The number of nitrogens with zero attached hydrogens (tertiary/aromatic N) is 2. The van der Waals surface area contributed by atoms with Gasteiger partial charge >= 0.3 is 12.1 Å². The SMILES string of the molecule is CC1CC2NN([C@H]3C[C@H]4C(=O)N[C@]5(C(=O)O)C[C@H]5/C=C\CCCCC[C@H](NC(=O)OC(C)(C)C)C(=O)N4C3)NC2CC1C. The summed E-state index contributed by atoms with van der Waals surface area (Å²) in [7, 11) is 0. The minimum absolute atomic E-state index is 0.215. The predicted molar refractivity (Wildman–Crippen MR) is 159 cm³/mol. The van der Waals surface area contributed by atoms with E-state index < -0.39 is 41.2 Å². The van der Waals surface area contributed by atoms with E-state index in [1.807, 2.05) is 17.3 Å². The molecular formula is C31H50N6O6. The fraction of sp³-hybridized carbons (Fsp3) is 0.806. The van der Waals surface area contributed by atoms with Crippen molar-refractivity contribution in [2.24, 2.45) is 17.8 Å². The molecule has 43 heavy (non-hydrogen) atoms. The van der Waals surface area contributed by atoms with Crippen LogP contribution >= 0.6 is 0 Å². The van der Waals surface area contributed by atoms with Crippen molar-refractivity contribution >= 4 is 23.9 Å². The molecule has 2 saturated heterocycles. The zero-order valence-electron chi connectivity index (χ0n) is 26.2. The highest BCUT2D eigenvalue weighted by Crippen LogP contribution is 2.45. The molecule has 0 aromatic rings. The largest absolute Gasteiger partial charge is 0.479 e. The van der Waals surface area contributed by atoms with E-state index in [1.54, 1.807) is 25.7 Å². The predicted octanol–water partition coefficient (Wildman–Crippen LogP) is 2.46. The molecule has 0 spiro atoms. The monoisotopic (exact) mass is 602 g/mol. The van der Waals surface area contributed by atoms with Crippen LogP contribution in [0.2, 0.25) is 0 Å². The molecule has 3 heterocycles. The standard InChI is InChI=1S/C31H50N6O6/c1-18-13-23-24(14-19(18)2)35-37(34-23)21-15-25-26(38)33-31(28(40)41)16-20(31)11-9-7-6-8-10-12-22(27(39)36(25)17-21)32-29(42)43-30(3,4)5/h9,11,18-25,34-35H,6-8,10,12-17H2,1-5H3,(H,32,42)(H,33,38)(H,40,41)/b11-9-/t18?,19?,20-,21+,22+,23?,24?,25+,31-/m1/s1. The number of hydrogen-bond acceptors (Lipinski definition) is 8. The van der Waals surface area contributed by atoms with E-state index in [1.165, 1.54) is 0 Å². The number of nitrogens with one attached hydrogen (secondary N) is 4. The Kier molecular flexibility index (Phi) is 9.12. The number of carbonyl (C=O) groups is 4. The van der Waals surface area contributed by atoms with E-state index in [0.717, 1.165) is 32.1 Å². The third-order valence-corrected chi connectivity index (χ3v) is 10.0. The van der Waals surface area contributed by atoms with Crippen molar-refractivity contribution in [2.75, 3.05) is 6.54 Å². The van der Waals surface area contributed by atoms with Gasteiger partial charge in [-0.2, -0.15) is 5.12 Å². The highest BCUT2D eigenvalue weighted by atomic mass is 16.6. The molecule has 4 unspecified atom stereocenters. The van der Waals surface area contributed by atoms with Crippen molar-refractivity contribution in [1.82, 2.24) is 31.5 Å². The number of ether oxygens (including phenoxy) is 1. The Bertz CT molecular complexity index is 1110. The van der Waals surface area contributed by atoms with Crippen molar-refractivity contribution in [3.8, 4) is 0 Å². The maximum absolute atomic E-state index is 14.2. The summed E-state index contributed by atoms with van der Waals surface area (Å²) in [6.07, 6.45) is 9.59. The van der Waals surface area contributed by atoms with Gasteiger partial charge in [0.25, 0.3) is 0 Å². The van der Waals surface area contributed by atoms with Crippen LogP contribution < -0.4 is 21.5 Å². The number of alkyl carbamates (subject to hydrolysis) is 1. The molecule has 0 bridgehead atoms. The Balaban J connectivity index is 1.39. The third-order valence-electron chi connectivity index (χ3n) is 10.0. The molecule has 5 N–H and O–H groups in total. The number of carboxylic acid groups (broad SMARTS) is 1. The van der Waals surface area contributed by atoms with Crippen LogP contribution in [-0.2, 0) is 19.1 Å². The fourth-order valence-electron chi connectivity index (χ4n) is 7.20. The van der Waals surface area contributed by atoms with E-state index in [4.69, 9.17) is 4.74 Å². The van der Waals surface area contributed by atoms with Gasteiger partial charge < -0.3 is 25.4 Å². The molecule has 3 aliphatic heterocycles. The minimum atomic E-state index is -1.36. The minimum Gasteiger partial charge on any atom is -0.479 e. The molecule has 5 aliphatic rings. The fourth-order valence-corrected chi connectivity index (χ4v) is 7.20. The molecule has 5 rings (SSSR count). The van der Waals surface area contributed by atoms with Crippen LogP contribution in [0.15, 0.2) is 12.2 Å². The Morgan fingerprint density at radius 1 is 1.05 bits per heavy atom. The van der Waals surface area contributed by atoms with Crippen LogP contribution in [0.3, 0.4) is 0 Å². The Labute approximate surface area is 254 Å². The number of carboxylic acids is 1. The van der Waals surface area contributed by atoms with Gasteiger partial charge in [-0.3, -0.25) is 9.59 Å². The number of carbonyl (C=O) groups excluding carboxylic acids is 3. The van der Waals surface area contributed by atoms with Gasteiger partial charge in [-0.25, -0.2) is 20.4 Å². The van der Waals surface area contributed by atoms with E-state index in [9.17, 15) is 24.3 Å². The van der Waals surface area contributed by atoms with Gasteiger partial charge in [-0.05, 0) is 77.6 Å². The first-order valence-corrected chi connectivity index (χ1v) is 16.1. The second kappa shape index (κ2) is 12.4. The molecule has 12 heteroatoms. The molecule has 0 aromatic heterocycles. The van der Waals surface area contributed by atoms with Crippen LogP contribution in [0.25, 0.3) is 0 Å². The highest BCUT2D eigenvalue weighted by molar-refractivity contribution is 5.96. The van der Waals surface area contributed by atoms with E-state index >= 15 is 0 Å². The number of amides is 3. The molecule has 240 valence electrons. The first-order chi connectivity index (χ1) is 20.3. The molecule has 2 aliphatic carbocycles. The maximum atomic E-state index is 14.2. The number of allylic oxidation sites excluding steroid dienone is 1. The summed E-state index contributed by atoms with van der Waals surface area (Å²) in [5.41, 5.74) is 5.10. The molecule has 3 amide bonds. The summed E-state index contributed by atoms with van der Waals surface area (Å²) in [5, 5.41) is 17.7. The summed E-state index contributed by atoms with van der Waals surface area (Å²) < 4.78 is 5.48. The summed E-state index contributed by atoms with van der Waals surface area (Å²) in [6.45, 7) is 10.1. The number of hydrogen-bond donors (Lipinski definition) is 5. The van der Waals surface area contributed by atoms with Gasteiger partial charge in [0.15, 0.2) is 0 Å². The van der Waals surface area contributed by atoms with E-state index in [2.05, 4.69) is 35.3 Å². The second-order valence-corrected chi connectivity index (χ2v) is 14.5. The van der Waals surface area contributed by atoms with Crippen molar-refractivity contribution in [2.45, 2.75) is 134 Å². The first-order valence-electron chi connectivity index (χ1n) is 16.1. The summed E-state index contributed by atoms with van der Waals surface area (Å²) in [5.74, 6) is -0.983. The lowest BCUT2D eigenvalue weighted by molar-refractivity contribution is -0.145. The lowest BCUT2D eigenvalue weighted by atomic mass is 9.77. The molecule has 9 atom stereocenters. The molecular weight excluding hydrogens is 552 g/mol. The molecule has 2 saturated carbocycles. The summed E-state index contributed by atoms with van der Waals surface area (Å²) in [4.78, 5) is 54.8. The van der Waals surface area contributed by atoms with E-state index in [0.29, 0.717) is 37.5 Å². The number of aliphatic carboxylic acids is 1.